The predicted octanol–water partition coefficient (Wildman–Crippen LogP) is 2.78. The molecule has 1 saturated heterocycles. The molecule has 0 aliphatic carbocycles. The van der Waals surface area contributed by atoms with Crippen LogP contribution in [0.25, 0.3) is 0 Å². The highest BCUT2D eigenvalue weighted by molar-refractivity contribution is 7.89. The predicted molar refractivity (Wildman–Crippen MR) is 99.5 cm³/mol. The zero-order chi connectivity index (χ0) is 26.6. The maximum Gasteiger partial charge on any atom is 0.247 e. The van der Waals surface area contributed by atoms with E-state index in [1.54, 1.807) is 0 Å². The van der Waals surface area contributed by atoms with E-state index in [1.165, 1.54) is 6.07 Å². The van der Waals surface area contributed by atoms with Crippen molar-refractivity contribution in [2.75, 3.05) is 19.6 Å². The minimum Gasteiger partial charge on any atom is -0.456 e. The Hall–Kier alpha value is -2.31. The van der Waals surface area contributed by atoms with Crippen molar-refractivity contribution in [3.8, 4) is 17.6 Å². The fourth-order valence-corrected chi connectivity index (χ4v) is 3.72. The number of hydrogen-bond acceptors (Lipinski definition) is 5. The molecular weight excluding hydrogens is 413 g/mol. The van der Waals surface area contributed by atoms with E-state index in [2.05, 4.69) is 5.32 Å². The first-order chi connectivity index (χ1) is 16.1. The molecule has 0 unspecified atom stereocenters. The normalized spacial score (nSPS) is 21.1. The lowest BCUT2D eigenvalue weighted by atomic mass is 10.2. The average Bonchev–Trinajstić information content (AvgIpc) is 2.78. The molecule has 0 spiro atoms. The van der Waals surface area contributed by atoms with Crippen molar-refractivity contribution >= 4 is 39.1 Å². The molecule has 0 atom stereocenters. The molecule has 0 saturated carbocycles. The van der Waals surface area contributed by atoms with Crippen LogP contribution in [0.5, 0.6) is 11.5 Å². The fraction of sp³-hybridized carbons (Fsp3) is 0.176. The summed E-state index contributed by atoms with van der Waals surface area (Å²) in [7, 11) is -5.20. The van der Waals surface area contributed by atoms with E-state index >= 15 is 0 Å². The third-order valence-electron chi connectivity index (χ3n) is 3.10. The average molecular weight is 434 g/mol. The summed E-state index contributed by atoms with van der Waals surface area (Å²) in [6.07, 6.45) is 0. The van der Waals surface area contributed by atoms with Crippen molar-refractivity contribution in [1.29, 1.82) is 5.26 Å². The number of amides is 1. The summed E-state index contributed by atoms with van der Waals surface area (Å²) < 4.78 is 96.7. The summed E-state index contributed by atoms with van der Waals surface area (Å²) in [4.78, 5) is 10.8. The van der Waals surface area contributed by atoms with E-state index in [0.29, 0.717) is 0 Å². The third kappa shape index (κ3) is 4.34. The van der Waals surface area contributed by atoms with E-state index in [1.807, 2.05) is 0 Å². The molecule has 1 fully saturated rings. The number of piperazine rings is 1. The highest BCUT2D eigenvalue weighted by atomic mass is 35.5. The maximum absolute atomic E-state index is 13.5. The molecule has 1 aliphatic rings. The number of ether oxygens (including phenoxy) is 1. The molecule has 0 bridgehead atoms. The number of carbonyl (C=O) groups is 1. The van der Waals surface area contributed by atoms with Gasteiger partial charge in [0.1, 0.15) is 16.4 Å². The van der Waals surface area contributed by atoms with Gasteiger partial charge >= 0.3 is 0 Å². The number of nitrogens with zero attached hydrogens (tertiary/aromatic N) is 2. The van der Waals surface area contributed by atoms with Crippen molar-refractivity contribution in [3.63, 3.8) is 0 Å². The molecule has 0 aromatic heterocycles. The number of nitrogens with one attached hydrogen (secondary N) is 1. The SMILES string of the molecule is [2H]c1c(Cl)c([2H])c(Oc2c([2H])c([2H])c(C#N)c([2H])c2S(=O)(=O)N2CCNC(=O)C2([2H])[2H])c([2H])c1Cl. The first-order valence-corrected chi connectivity index (χ1v) is 9.27. The van der Waals surface area contributed by atoms with Crippen molar-refractivity contribution < 1.29 is 28.9 Å². The lowest BCUT2D eigenvalue weighted by Gasteiger charge is -2.26. The van der Waals surface area contributed by atoms with Crippen LogP contribution < -0.4 is 10.1 Å². The summed E-state index contributed by atoms with van der Waals surface area (Å²) in [5.41, 5.74) is -0.849. The van der Waals surface area contributed by atoms with Gasteiger partial charge in [-0.1, -0.05) is 23.2 Å². The van der Waals surface area contributed by atoms with Gasteiger partial charge in [0, 0.05) is 23.1 Å². The van der Waals surface area contributed by atoms with E-state index < -0.39 is 97.2 Å². The summed E-state index contributed by atoms with van der Waals surface area (Å²) in [5, 5.41) is 10.4. The minimum atomic E-state index is -5.20. The molecule has 7 nitrogen and oxygen atoms in total. The van der Waals surface area contributed by atoms with Crippen LogP contribution >= 0.6 is 23.2 Å². The van der Waals surface area contributed by atoms with E-state index in [4.69, 9.17) is 38.9 Å². The molecule has 27 heavy (non-hydrogen) atoms. The Bertz CT molecular complexity index is 1400. The second kappa shape index (κ2) is 7.74. The number of nitriles is 1. The summed E-state index contributed by atoms with van der Waals surface area (Å²) in [6, 6.07) is -3.82. The van der Waals surface area contributed by atoms with Gasteiger partial charge < -0.3 is 10.1 Å². The number of carbonyl (C=O) groups excluding carboxylic acids is 1. The molecule has 1 amide bonds. The Morgan fingerprint density at radius 2 is 1.96 bits per heavy atom. The molecule has 0 radical (unpaired) electrons. The summed E-state index contributed by atoms with van der Waals surface area (Å²) >= 11 is 11.7. The molecule has 2 aromatic carbocycles. The lowest BCUT2D eigenvalue weighted by molar-refractivity contribution is -0.122. The molecule has 140 valence electrons. The zero-order valence-electron chi connectivity index (χ0n) is 21.1. The van der Waals surface area contributed by atoms with Crippen LogP contribution in [-0.2, 0) is 14.8 Å². The summed E-state index contributed by atoms with van der Waals surface area (Å²) in [5.74, 6) is -3.20. The van der Waals surface area contributed by atoms with Gasteiger partial charge in [-0.3, -0.25) is 4.79 Å². The monoisotopic (exact) mass is 433 g/mol. The number of sulfonamides is 1. The highest BCUT2D eigenvalue weighted by Gasteiger charge is 2.32. The Morgan fingerprint density at radius 3 is 2.63 bits per heavy atom. The Morgan fingerprint density at radius 1 is 1.26 bits per heavy atom. The fourth-order valence-electron chi connectivity index (χ4n) is 2.00. The first kappa shape index (κ1) is 11.5. The van der Waals surface area contributed by atoms with Crippen LogP contribution in [-0.4, -0.2) is 38.2 Å². The van der Waals surface area contributed by atoms with Crippen LogP contribution in [0, 0.1) is 11.3 Å². The Balaban J connectivity index is 2.40. The van der Waals surface area contributed by atoms with Gasteiger partial charge in [0.25, 0.3) is 0 Å². The van der Waals surface area contributed by atoms with Gasteiger partial charge in [0.2, 0.25) is 15.9 Å². The van der Waals surface area contributed by atoms with Crippen LogP contribution in [0.15, 0.2) is 41.1 Å². The van der Waals surface area contributed by atoms with Gasteiger partial charge in [-0.15, -0.1) is 0 Å². The topological polar surface area (TPSA) is 99.5 Å². The molecule has 2 aromatic rings. The maximum atomic E-state index is 13.5. The van der Waals surface area contributed by atoms with Gasteiger partial charge in [-0.2, -0.15) is 9.57 Å². The van der Waals surface area contributed by atoms with Crippen molar-refractivity contribution in [2.24, 2.45) is 0 Å². The third-order valence-corrected chi connectivity index (χ3v) is 5.14. The zero-order valence-corrected chi connectivity index (χ0v) is 15.4. The van der Waals surface area contributed by atoms with Crippen LogP contribution in [0.2, 0.25) is 10.0 Å². The van der Waals surface area contributed by atoms with E-state index in [-0.39, 0.29) is 10.8 Å². The number of benzene rings is 2. The van der Waals surface area contributed by atoms with Gasteiger partial charge in [0.15, 0.2) is 0 Å². The van der Waals surface area contributed by atoms with Gasteiger partial charge in [0.05, 0.1) is 29.1 Å². The first-order valence-electron chi connectivity index (χ1n) is 11.1. The van der Waals surface area contributed by atoms with Gasteiger partial charge in [-0.05, 0) is 36.3 Å². The second-order valence-corrected chi connectivity index (χ2v) is 7.45. The summed E-state index contributed by atoms with van der Waals surface area (Å²) in [6.45, 7) is -4.01. The lowest BCUT2D eigenvalue weighted by Crippen LogP contribution is -2.49. The molecule has 10 heteroatoms. The Labute approximate surface area is 177 Å². The van der Waals surface area contributed by atoms with E-state index in [9.17, 15) is 18.5 Å². The highest BCUT2D eigenvalue weighted by Crippen LogP contribution is 2.34. The van der Waals surface area contributed by atoms with Crippen molar-refractivity contribution in [2.45, 2.75) is 4.90 Å². The molecule has 1 aliphatic heterocycles. The van der Waals surface area contributed by atoms with E-state index in [0.717, 1.165) is 0 Å². The van der Waals surface area contributed by atoms with Crippen LogP contribution in [0.3, 0.4) is 0 Å². The number of halogens is 2. The Kier molecular flexibility index (Phi) is 3.30. The van der Waals surface area contributed by atoms with Crippen molar-refractivity contribution in [3.05, 3.63) is 51.9 Å². The van der Waals surface area contributed by atoms with Crippen LogP contribution in [0.4, 0.5) is 0 Å². The minimum absolute atomic E-state index is 0.110. The smallest absolute Gasteiger partial charge is 0.247 e. The number of hydrogen-bond donors (Lipinski definition) is 1. The van der Waals surface area contributed by atoms with Crippen LogP contribution in [0.1, 0.15) is 16.5 Å². The second-order valence-electron chi connectivity index (χ2n) is 4.90. The largest absolute Gasteiger partial charge is 0.456 e. The quantitative estimate of drug-likeness (QED) is 0.798. The molecule has 1 N–H and O–H groups in total. The standard InChI is InChI=1S/C17H13Cl2N3O4S/c18-12-6-13(19)8-14(7-12)26-15-2-1-11(9-20)5-16(15)27(24,25)22-4-3-21-17(23)10-22/h1-2,5-8H,3-4,10H2,(H,21,23)/i1D,2D,5D,6D,7D,8D,10D2. The molecule has 1 heterocycles. The molecule has 3 rings (SSSR count). The molecular formula is C17H13Cl2N3O4S. The van der Waals surface area contributed by atoms with Gasteiger partial charge in [-0.25, -0.2) is 8.42 Å². The number of rotatable bonds is 4. The van der Waals surface area contributed by atoms with Crippen molar-refractivity contribution in [1.82, 2.24) is 9.62 Å².